The van der Waals surface area contributed by atoms with E-state index in [-0.39, 0.29) is 46.1 Å². The summed E-state index contributed by atoms with van der Waals surface area (Å²) in [5, 5.41) is 0. The first kappa shape index (κ1) is 16.4. The van der Waals surface area contributed by atoms with Gasteiger partial charge in [-0.05, 0) is 0 Å². The number of rotatable bonds is 7. The van der Waals surface area contributed by atoms with Crippen LogP contribution in [-0.2, 0) is 19.1 Å². The maximum absolute atomic E-state index is 11.0. The van der Waals surface area contributed by atoms with E-state index < -0.39 is 12.1 Å². The van der Waals surface area contributed by atoms with Crippen LogP contribution in [0.1, 0.15) is 0 Å². The maximum atomic E-state index is 11.0. The predicted octanol–water partition coefficient (Wildman–Crippen LogP) is -1.85. The van der Waals surface area contributed by atoms with Gasteiger partial charge in [-0.1, -0.05) is 0 Å². The van der Waals surface area contributed by atoms with E-state index in [4.69, 9.17) is 11.5 Å². The molecule has 8 heteroatoms. The Hall–Kier alpha value is 0.439. The molecule has 0 saturated carbocycles. The van der Waals surface area contributed by atoms with E-state index >= 15 is 0 Å². The van der Waals surface area contributed by atoms with Gasteiger partial charge in [-0.15, -0.1) is 0 Å². The quantitative estimate of drug-likeness (QED) is 0.263. The van der Waals surface area contributed by atoms with Crippen molar-refractivity contribution >= 4 is 46.1 Å². The third kappa shape index (κ3) is 6.90. The molecule has 16 heavy (non-hydrogen) atoms. The summed E-state index contributed by atoms with van der Waals surface area (Å²) in [6.45, 7) is 0. The van der Waals surface area contributed by atoms with Crippen molar-refractivity contribution in [2.45, 2.75) is 21.0 Å². The van der Waals surface area contributed by atoms with Crippen molar-refractivity contribution in [2.75, 3.05) is 14.2 Å². The van der Waals surface area contributed by atoms with E-state index in [1.165, 1.54) is 14.2 Å². The van der Waals surface area contributed by atoms with E-state index in [1.807, 2.05) is 0 Å². The number of hydrogen-bond acceptors (Lipinski definition) is 6. The van der Waals surface area contributed by atoms with Crippen molar-refractivity contribution < 1.29 is 19.1 Å². The zero-order valence-corrected chi connectivity index (χ0v) is 13.8. The van der Waals surface area contributed by atoms with Gasteiger partial charge in [0.1, 0.15) is 0 Å². The van der Waals surface area contributed by atoms with E-state index in [0.717, 1.165) is 0 Å². The number of esters is 2. The van der Waals surface area contributed by atoms with Crippen LogP contribution in [0.4, 0.5) is 0 Å². The Kier molecular flexibility index (Phi) is 9.73. The van der Waals surface area contributed by atoms with Crippen molar-refractivity contribution in [2.24, 2.45) is 11.5 Å². The van der Waals surface area contributed by atoms with Crippen LogP contribution in [0, 0.1) is 0 Å². The molecular weight excluding hydrogens is 443 g/mol. The Balaban J connectivity index is 3.60. The zero-order chi connectivity index (χ0) is 12.6. The average Bonchev–Trinajstić information content (AvgIpc) is 2.31. The molecule has 0 amide bonds. The van der Waals surface area contributed by atoms with Crippen LogP contribution in [0.3, 0.4) is 0 Å². The molecule has 0 aliphatic rings. The molecule has 0 aromatic heterocycles. The second-order valence-electron chi connectivity index (χ2n) is 2.83. The van der Waals surface area contributed by atoms with E-state index in [9.17, 15) is 9.59 Å². The summed E-state index contributed by atoms with van der Waals surface area (Å²) in [7, 11) is 2.65. The van der Waals surface area contributed by atoms with Crippen LogP contribution >= 0.6 is 0 Å². The molecule has 0 heterocycles. The van der Waals surface area contributed by atoms with Gasteiger partial charge in [0.2, 0.25) is 0 Å². The number of carbonyl (C=O) groups is 2. The Morgan fingerprint density at radius 3 is 1.56 bits per heavy atom. The van der Waals surface area contributed by atoms with Crippen molar-refractivity contribution in [1.29, 1.82) is 0 Å². The predicted molar refractivity (Wildman–Crippen MR) is 61.1 cm³/mol. The van der Waals surface area contributed by atoms with Crippen LogP contribution < -0.4 is 11.5 Å². The monoisotopic (exact) mass is 464 g/mol. The first-order valence-electron chi connectivity index (χ1n) is 4.44. The fourth-order valence-electron chi connectivity index (χ4n) is 0.682. The number of nitrogens with two attached hydrogens (primary N) is 2. The van der Waals surface area contributed by atoms with Crippen LogP contribution in [0.2, 0.25) is 8.94 Å². The third-order valence-electron chi connectivity index (χ3n) is 1.59. The summed E-state index contributed by atoms with van der Waals surface area (Å²) in [5.74, 6) is -0.732. The minimum atomic E-state index is -0.508. The molecule has 0 aliphatic heterocycles. The molecule has 94 valence electrons. The second-order valence-corrected chi connectivity index (χ2v) is 15.1. The Morgan fingerprint density at radius 1 is 1.00 bits per heavy atom. The molecule has 0 spiro atoms. The normalized spacial score (nSPS) is 14.0. The number of carbonyl (C=O) groups excluding carboxylic acids is 2. The molecule has 0 aromatic carbocycles. The topological polar surface area (TPSA) is 105 Å². The first-order valence-corrected chi connectivity index (χ1v) is 15.1. The average molecular weight is 459 g/mol. The molecule has 4 N–H and O–H groups in total. The van der Waals surface area contributed by atoms with Gasteiger partial charge in [0.15, 0.2) is 0 Å². The molecule has 0 aliphatic carbocycles. The Morgan fingerprint density at radius 2 is 1.31 bits per heavy atom. The molecule has 0 radical (unpaired) electrons. The molecule has 0 rings (SSSR count). The fraction of sp³-hybridized carbons (Fsp3) is 0.750. The van der Waals surface area contributed by atoms with Gasteiger partial charge >= 0.3 is 112 Å². The molecule has 0 saturated heterocycles. The van der Waals surface area contributed by atoms with Crippen molar-refractivity contribution in [3.05, 3.63) is 0 Å². The summed E-state index contributed by atoms with van der Waals surface area (Å²) < 4.78 is 10.5. The number of ether oxygens (including phenoxy) is 2. The number of hydrogen-bond donors (Lipinski definition) is 2. The van der Waals surface area contributed by atoms with Crippen LogP contribution in [-0.4, -0.2) is 72.4 Å². The molecule has 0 aromatic rings. The summed E-state index contributed by atoms with van der Waals surface area (Å²) in [5.41, 5.74) is 11.2. The molecule has 0 unspecified atom stereocenters. The van der Waals surface area contributed by atoms with Gasteiger partial charge in [-0.3, -0.25) is 0 Å². The van der Waals surface area contributed by atoms with Gasteiger partial charge in [-0.2, -0.15) is 0 Å². The van der Waals surface area contributed by atoms with Gasteiger partial charge < -0.3 is 0 Å². The SMILES string of the molecule is COC(=O)[C@@H](N)C[Te][Te]C[C@H](N)C(=O)OC. The van der Waals surface area contributed by atoms with Crippen LogP contribution in [0.25, 0.3) is 0 Å². The Bertz CT molecular complexity index is 216. The first-order chi connectivity index (χ1) is 7.52. The summed E-state index contributed by atoms with van der Waals surface area (Å²) in [6, 6.07) is -1.02. The van der Waals surface area contributed by atoms with Crippen LogP contribution in [0.15, 0.2) is 0 Å². The van der Waals surface area contributed by atoms with Crippen molar-refractivity contribution in [3.63, 3.8) is 0 Å². The third-order valence-corrected chi connectivity index (χ3v) is 13.3. The number of methoxy groups -OCH3 is 2. The Labute approximate surface area is 111 Å². The van der Waals surface area contributed by atoms with E-state index in [0.29, 0.717) is 8.94 Å². The summed E-state index contributed by atoms with van der Waals surface area (Å²) in [6.07, 6.45) is 0. The second kappa shape index (κ2) is 9.47. The summed E-state index contributed by atoms with van der Waals surface area (Å²) in [4.78, 5) is 22.0. The van der Waals surface area contributed by atoms with E-state index in [2.05, 4.69) is 9.47 Å². The van der Waals surface area contributed by atoms with Gasteiger partial charge in [0.05, 0.1) is 0 Å². The van der Waals surface area contributed by atoms with Crippen molar-refractivity contribution in [1.82, 2.24) is 0 Å². The molecule has 0 bridgehead atoms. The van der Waals surface area contributed by atoms with Gasteiger partial charge in [-0.25, -0.2) is 0 Å². The fourth-order valence-corrected chi connectivity index (χ4v) is 12.1. The molecule has 6 nitrogen and oxygen atoms in total. The minimum absolute atomic E-state index is 0.277. The zero-order valence-electron chi connectivity index (χ0n) is 9.17. The van der Waals surface area contributed by atoms with Crippen molar-refractivity contribution in [3.8, 4) is 0 Å². The van der Waals surface area contributed by atoms with Crippen LogP contribution in [0.5, 0.6) is 0 Å². The standard InChI is InChI=1S/C8H16N2O4Te2/c1-13-7(11)5(9)3-15-16-4-6(10)8(12)14-2/h5-6H,3-4,9-10H2,1-2H3/t5-,6-/m0/s1. The molecule has 2 atom stereocenters. The van der Waals surface area contributed by atoms with Gasteiger partial charge in [0, 0.05) is 0 Å². The van der Waals surface area contributed by atoms with E-state index in [1.54, 1.807) is 0 Å². The molecule has 0 fully saturated rings. The summed E-state index contributed by atoms with van der Waals surface area (Å²) >= 11 is -0.554. The molecular formula is C8H16N2O4Te2. The van der Waals surface area contributed by atoms with Gasteiger partial charge in [0.25, 0.3) is 0 Å².